The molecule has 0 aliphatic carbocycles. The van der Waals surface area contributed by atoms with Gasteiger partial charge in [0.25, 0.3) is 5.91 Å². The van der Waals surface area contributed by atoms with E-state index in [0.29, 0.717) is 18.7 Å². The highest BCUT2D eigenvalue weighted by Gasteiger charge is 2.26. The molecule has 0 saturated carbocycles. The fourth-order valence-corrected chi connectivity index (χ4v) is 3.22. The van der Waals surface area contributed by atoms with Crippen LogP contribution in [0.3, 0.4) is 0 Å². The van der Waals surface area contributed by atoms with E-state index in [1.807, 2.05) is 76.2 Å². The van der Waals surface area contributed by atoms with E-state index in [4.69, 9.17) is 4.74 Å². The molecule has 0 heterocycles. The van der Waals surface area contributed by atoms with Gasteiger partial charge in [-0.25, -0.2) is 0 Å². The molecule has 0 fully saturated rings. The van der Waals surface area contributed by atoms with Crippen molar-refractivity contribution in [2.24, 2.45) is 0 Å². The first-order chi connectivity index (χ1) is 14.3. The van der Waals surface area contributed by atoms with Gasteiger partial charge in [0.2, 0.25) is 5.91 Å². The van der Waals surface area contributed by atoms with Gasteiger partial charge in [-0.3, -0.25) is 9.59 Å². The van der Waals surface area contributed by atoms with Crippen molar-refractivity contribution in [1.82, 2.24) is 10.2 Å². The predicted molar refractivity (Wildman–Crippen MR) is 121 cm³/mol. The molecule has 2 rings (SSSR count). The van der Waals surface area contributed by atoms with Crippen LogP contribution in [0.15, 0.2) is 48.5 Å². The van der Waals surface area contributed by atoms with Crippen molar-refractivity contribution in [2.75, 3.05) is 13.2 Å². The molecule has 0 bridgehead atoms. The van der Waals surface area contributed by atoms with Gasteiger partial charge in [-0.05, 0) is 57.7 Å². The van der Waals surface area contributed by atoms with E-state index in [0.717, 1.165) is 23.1 Å². The Morgan fingerprint density at radius 3 is 2.40 bits per heavy atom. The molecule has 2 atom stereocenters. The molecule has 30 heavy (non-hydrogen) atoms. The Morgan fingerprint density at radius 1 is 1.07 bits per heavy atom. The van der Waals surface area contributed by atoms with Crippen LogP contribution in [0.5, 0.6) is 5.75 Å². The number of benzene rings is 2. The Kier molecular flexibility index (Phi) is 8.90. The SMILES string of the molecule is CCC(C)NC(=O)C(C)N(CCc1ccccc1)C(=O)COc1ccc(C)cc1C. The molecule has 2 unspecified atom stereocenters. The van der Waals surface area contributed by atoms with Crippen molar-refractivity contribution in [2.45, 2.75) is 59.5 Å². The summed E-state index contributed by atoms with van der Waals surface area (Å²) in [6.45, 7) is 10.1. The summed E-state index contributed by atoms with van der Waals surface area (Å²) in [5, 5.41) is 2.98. The number of carbonyl (C=O) groups excluding carboxylic acids is 2. The number of amides is 2. The van der Waals surface area contributed by atoms with Crippen molar-refractivity contribution < 1.29 is 14.3 Å². The second-order valence-electron chi connectivity index (χ2n) is 7.87. The minimum atomic E-state index is -0.571. The maximum Gasteiger partial charge on any atom is 0.261 e. The lowest BCUT2D eigenvalue weighted by molar-refractivity contribution is -0.141. The summed E-state index contributed by atoms with van der Waals surface area (Å²) in [4.78, 5) is 27.3. The van der Waals surface area contributed by atoms with Crippen molar-refractivity contribution in [3.63, 3.8) is 0 Å². The zero-order valence-corrected chi connectivity index (χ0v) is 18.8. The van der Waals surface area contributed by atoms with E-state index in [1.165, 1.54) is 0 Å². The van der Waals surface area contributed by atoms with Crippen molar-refractivity contribution >= 4 is 11.8 Å². The number of carbonyl (C=O) groups is 2. The number of hydrogen-bond acceptors (Lipinski definition) is 3. The molecule has 2 aromatic carbocycles. The van der Waals surface area contributed by atoms with Crippen LogP contribution in [-0.2, 0) is 16.0 Å². The minimum absolute atomic E-state index is 0.0671. The lowest BCUT2D eigenvalue weighted by Crippen LogP contribution is -2.51. The monoisotopic (exact) mass is 410 g/mol. The number of hydrogen-bond donors (Lipinski definition) is 1. The molecule has 0 aromatic heterocycles. The highest BCUT2D eigenvalue weighted by Crippen LogP contribution is 2.19. The zero-order valence-electron chi connectivity index (χ0n) is 18.8. The van der Waals surface area contributed by atoms with Gasteiger partial charge in [-0.1, -0.05) is 55.0 Å². The Morgan fingerprint density at radius 2 is 1.77 bits per heavy atom. The number of nitrogens with zero attached hydrogens (tertiary/aromatic N) is 1. The van der Waals surface area contributed by atoms with Crippen LogP contribution in [-0.4, -0.2) is 41.9 Å². The van der Waals surface area contributed by atoms with Crippen molar-refractivity contribution in [3.05, 3.63) is 65.2 Å². The predicted octanol–water partition coefficient (Wildman–Crippen LogP) is 4.06. The fourth-order valence-electron chi connectivity index (χ4n) is 3.22. The molecule has 5 nitrogen and oxygen atoms in total. The van der Waals surface area contributed by atoms with Crippen LogP contribution >= 0.6 is 0 Å². The molecule has 0 saturated heterocycles. The molecule has 2 amide bonds. The van der Waals surface area contributed by atoms with Gasteiger partial charge >= 0.3 is 0 Å². The molecule has 2 aromatic rings. The standard InChI is InChI=1S/C25H34N2O3/c1-6-20(4)26-25(29)21(5)27(15-14-22-10-8-7-9-11-22)24(28)17-30-23-13-12-18(2)16-19(23)3/h7-13,16,20-21H,6,14-15,17H2,1-5H3,(H,26,29). The topological polar surface area (TPSA) is 58.6 Å². The lowest BCUT2D eigenvalue weighted by atomic mass is 10.1. The largest absolute Gasteiger partial charge is 0.483 e. The van der Waals surface area contributed by atoms with Crippen LogP contribution in [0.4, 0.5) is 0 Å². The number of aryl methyl sites for hydroxylation is 2. The average Bonchev–Trinajstić information content (AvgIpc) is 2.73. The molecule has 0 aliphatic heterocycles. The third-order valence-corrected chi connectivity index (χ3v) is 5.33. The van der Waals surface area contributed by atoms with Crippen molar-refractivity contribution in [3.8, 4) is 5.75 Å². The van der Waals surface area contributed by atoms with Gasteiger partial charge in [0.15, 0.2) is 6.61 Å². The molecule has 162 valence electrons. The minimum Gasteiger partial charge on any atom is -0.483 e. The second kappa shape index (κ2) is 11.4. The molecule has 0 spiro atoms. The van der Waals surface area contributed by atoms with E-state index in [9.17, 15) is 9.59 Å². The van der Waals surface area contributed by atoms with Gasteiger partial charge in [-0.15, -0.1) is 0 Å². The summed E-state index contributed by atoms with van der Waals surface area (Å²) >= 11 is 0. The van der Waals surface area contributed by atoms with Gasteiger partial charge in [0.05, 0.1) is 0 Å². The zero-order chi connectivity index (χ0) is 22.1. The van der Waals surface area contributed by atoms with Gasteiger partial charge in [0.1, 0.15) is 11.8 Å². The van der Waals surface area contributed by atoms with Crippen LogP contribution in [0.25, 0.3) is 0 Å². The van der Waals surface area contributed by atoms with E-state index in [2.05, 4.69) is 5.32 Å². The highest BCUT2D eigenvalue weighted by atomic mass is 16.5. The summed E-state index contributed by atoms with van der Waals surface area (Å²) in [5.74, 6) is 0.351. The van der Waals surface area contributed by atoms with Crippen LogP contribution in [0.2, 0.25) is 0 Å². The first-order valence-electron chi connectivity index (χ1n) is 10.7. The smallest absolute Gasteiger partial charge is 0.261 e. The maximum atomic E-state index is 13.0. The molecular weight excluding hydrogens is 376 g/mol. The third kappa shape index (κ3) is 6.90. The highest BCUT2D eigenvalue weighted by molar-refractivity contribution is 5.88. The first kappa shape index (κ1) is 23.5. The average molecular weight is 411 g/mol. The van der Waals surface area contributed by atoms with Gasteiger partial charge in [0, 0.05) is 12.6 Å². The normalized spacial score (nSPS) is 12.7. The second-order valence-corrected chi connectivity index (χ2v) is 7.87. The van der Waals surface area contributed by atoms with E-state index >= 15 is 0 Å². The van der Waals surface area contributed by atoms with Crippen LogP contribution in [0.1, 0.15) is 43.9 Å². The summed E-state index contributed by atoms with van der Waals surface area (Å²) in [5.41, 5.74) is 3.26. The molecular formula is C25H34N2O3. The Labute approximate surface area is 180 Å². The van der Waals surface area contributed by atoms with Gasteiger partial charge in [-0.2, -0.15) is 0 Å². The summed E-state index contributed by atoms with van der Waals surface area (Å²) in [7, 11) is 0. The van der Waals surface area contributed by atoms with Crippen molar-refractivity contribution in [1.29, 1.82) is 0 Å². The summed E-state index contributed by atoms with van der Waals surface area (Å²) in [6, 6.07) is 15.3. The first-order valence-corrected chi connectivity index (χ1v) is 10.7. The number of ether oxygens (including phenoxy) is 1. The molecule has 1 N–H and O–H groups in total. The Bertz CT molecular complexity index is 836. The summed E-state index contributed by atoms with van der Waals surface area (Å²) < 4.78 is 5.80. The van der Waals surface area contributed by atoms with E-state index in [1.54, 1.807) is 11.8 Å². The van der Waals surface area contributed by atoms with Crippen LogP contribution < -0.4 is 10.1 Å². The maximum absolute atomic E-state index is 13.0. The van der Waals surface area contributed by atoms with Gasteiger partial charge < -0.3 is 15.0 Å². The quantitative estimate of drug-likeness (QED) is 0.643. The summed E-state index contributed by atoms with van der Waals surface area (Å²) in [6.07, 6.45) is 1.52. The van der Waals surface area contributed by atoms with E-state index in [-0.39, 0.29) is 24.5 Å². The Balaban J connectivity index is 2.09. The van der Waals surface area contributed by atoms with Crippen LogP contribution in [0, 0.1) is 13.8 Å². The fraction of sp³-hybridized carbons (Fsp3) is 0.440. The number of nitrogens with one attached hydrogen (secondary N) is 1. The molecule has 0 aliphatic rings. The Hall–Kier alpha value is -2.82. The number of rotatable bonds is 10. The third-order valence-electron chi connectivity index (χ3n) is 5.33. The van der Waals surface area contributed by atoms with E-state index < -0.39 is 6.04 Å². The molecule has 5 heteroatoms. The molecule has 0 radical (unpaired) electrons. The lowest BCUT2D eigenvalue weighted by Gasteiger charge is -2.29.